The molecule has 1 amide bonds. The van der Waals surface area contributed by atoms with Gasteiger partial charge < -0.3 is 30.2 Å². The third kappa shape index (κ3) is 6.24. The molecule has 2 aromatic rings. The lowest BCUT2D eigenvalue weighted by Crippen LogP contribution is -2.53. The van der Waals surface area contributed by atoms with Crippen molar-refractivity contribution in [1.29, 1.82) is 0 Å². The normalized spacial score (nSPS) is 17.4. The fourth-order valence-electron chi connectivity index (χ4n) is 4.87. The van der Waals surface area contributed by atoms with Gasteiger partial charge in [-0.2, -0.15) is 9.97 Å². The molecule has 1 aliphatic heterocycles. The lowest BCUT2D eigenvalue weighted by Gasteiger charge is -2.34. The van der Waals surface area contributed by atoms with E-state index >= 15 is 0 Å². The first-order valence-electron chi connectivity index (χ1n) is 13.2. The number of nitrogens with one attached hydrogen (secondary N) is 1. The van der Waals surface area contributed by atoms with E-state index in [0.29, 0.717) is 18.3 Å². The molecule has 3 N–H and O–H groups in total. The largest absolute Gasteiger partial charge is 0.496 e. The van der Waals surface area contributed by atoms with E-state index < -0.39 is 5.54 Å². The number of ether oxygens (including phenoxy) is 3. The van der Waals surface area contributed by atoms with Crippen LogP contribution in [0.4, 0.5) is 5.82 Å². The smallest absolute Gasteiger partial charge is 0.319 e. The van der Waals surface area contributed by atoms with Gasteiger partial charge in [0.05, 0.1) is 19.4 Å². The minimum absolute atomic E-state index is 0.155. The van der Waals surface area contributed by atoms with E-state index in [1.54, 1.807) is 20.3 Å². The van der Waals surface area contributed by atoms with E-state index in [0.717, 1.165) is 49.4 Å². The summed E-state index contributed by atoms with van der Waals surface area (Å²) in [5.74, 6) is 1.64. The maximum absolute atomic E-state index is 13.1. The lowest BCUT2D eigenvalue weighted by molar-refractivity contribution is 0.0839. The van der Waals surface area contributed by atoms with Crippen molar-refractivity contribution in [3.63, 3.8) is 0 Å². The van der Waals surface area contributed by atoms with Crippen LogP contribution in [0.2, 0.25) is 0 Å². The van der Waals surface area contributed by atoms with Gasteiger partial charge in [0.15, 0.2) is 0 Å². The molecule has 0 aromatic carbocycles. The average molecular weight is 525 g/mol. The Morgan fingerprint density at radius 2 is 1.97 bits per heavy atom. The number of carbonyl (C=O) groups is 1. The maximum atomic E-state index is 13.1. The van der Waals surface area contributed by atoms with Crippen LogP contribution >= 0.6 is 0 Å². The first-order valence-corrected chi connectivity index (χ1v) is 13.2. The zero-order valence-electron chi connectivity index (χ0n) is 23.3. The van der Waals surface area contributed by atoms with Crippen molar-refractivity contribution in [2.45, 2.75) is 64.6 Å². The second-order valence-electron chi connectivity index (χ2n) is 10.8. The van der Waals surface area contributed by atoms with Crippen LogP contribution in [-0.2, 0) is 11.2 Å². The molecule has 0 spiro atoms. The summed E-state index contributed by atoms with van der Waals surface area (Å²) in [5.41, 5.74) is 9.40. The zero-order valence-corrected chi connectivity index (χ0v) is 23.3. The summed E-state index contributed by atoms with van der Waals surface area (Å²) < 4.78 is 16.7. The molecule has 1 aliphatic carbocycles. The van der Waals surface area contributed by atoms with Crippen molar-refractivity contribution >= 4 is 17.3 Å². The van der Waals surface area contributed by atoms with Gasteiger partial charge in [-0.05, 0) is 58.1 Å². The second kappa shape index (κ2) is 11.7. The van der Waals surface area contributed by atoms with E-state index in [-0.39, 0.29) is 29.8 Å². The fraction of sp³-hybridized carbons (Fsp3) is 0.571. The number of hydrogen-bond acceptors (Lipinski definition) is 9. The van der Waals surface area contributed by atoms with Crippen LogP contribution in [0.25, 0.3) is 5.57 Å². The van der Waals surface area contributed by atoms with Gasteiger partial charge in [-0.3, -0.25) is 9.78 Å². The first-order chi connectivity index (χ1) is 18.1. The molecular weight excluding hydrogens is 484 g/mol. The molecular formula is C28H40N6O4. The van der Waals surface area contributed by atoms with Gasteiger partial charge in [0.2, 0.25) is 0 Å². The Morgan fingerprint density at radius 1 is 1.24 bits per heavy atom. The maximum Gasteiger partial charge on any atom is 0.319 e. The van der Waals surface area contributed by atoms with E-state index in [1.165, 1.54) is 5.57 Å². The third-order valence-corrected chi connectivity index (χ3v) is 7.37. The van der Waals surface area contributed by atoms with Crippen LogP contribution in [0.5, 0.6) is 11.8 Å². The number of rotatable bonds is 10. The number of fused-ring (bicyclic) bond motifs is 1. The Labute approximate surface area is 225 Å². The summed E-state index contributed by atoms with van der Waals surface area (Å²) in [7, 11) is 3.32. The quantitative estimate of drug-likeness (QED) is 0.482. The summed E-state index contributed by atoms with van der Waals surface area (Å²) in [6, 6.07) is 3.56. The molecule has 206 valence electrons. The first kappa shape index (κ1) is 27.8. The molecule has 0 radical (unpaired) electrons. The zero-order chi connectivity index (χ0) is 27.4. The molecule has 38 heavy (non-hydrogen) atoms. The summed E-state index contributed by atoms with van der Waals surface area (Å²) >= 11 is 0. The predicted molar refractivity (Wildman–Crippen MR) is 147 cm³/mol. The van der Waals surface area contributed by atoms with Crippen LogP contribution in [0.3, 0.4) is 0 Å². The molecule has 1 fully saturated rings. The molecule has 1 saturated heterocycles. The topological polar surface area (TPSA) is 125 Å². The molecule has 0 bridgehead atoms. The van der Waals surface area contributed by atoms with Crippen molar-refractivity contribution in [2.75, 3.05) is 38.8 Å². The van der Waals surface area contributed by atoms with Crippen LogP contribution in [0.1, 0.15) is 62.3 Å². The van der Waals surface area contributed by atoms with Crippen LogP contribution in [-0.4, -0.2) is 72.5 Å². The molecule has 2 atom stereocenters. The van der Waals surface area contributed by atoms with Crippen LogP contribution < -0.4 is 25.4 Å². The number of pyridine rings is 1. The monoisotopic (exact) mass is 524 g/mol. The number of aromatic nitrogens is 3. The molecule has 4 rings (SSSR count). The molecule has 2 aliphatic rings. The number of piperidine rings is 1. The van der Waals surface area contributed by atoms with Crippen molar-refractivity contribution in [3.05, 3.63) is 41.4 Å². The van der Waals surface area contributed by atoms with Gasteiger partial charge in [-0.1, -0.05) is 6.08 Å². The van der Waals surface area contributed by atoms with Gasteiger partial charge in [0.1, 0.15) is 23.4 Å². The van der Waals surface area contributed by atoms with Gasteiger partial charge in [-0.15, -0.1) is 0 Å². The number of amides is 1. The number of hydrogen-bond donors (Lipinski definition) is 2. The second-order valence-corrected chi connectivity index (χ2v) is 10.8. The highest BCUT2D eigenvalue weighted by Crippen LogP contribution is 2.42. The van der Waals surface area contributed by atoms with Crippen LogP contribution in [0, 0.1) is 5.92 Å². The van der Waals surface area contributed by atoms with Crippen molar-refractivity contribution in [3.8, 4) is 11.8 Å². The minimum Gasteiger partial charge on any atom is -0.496 e. The van der Waals surface area contributed by atoms with Crippen LogP contribution in [0.15, 0.2) is 24.4 Å². The third-order valence-electron chi connectivity index (χ3n) is 7.37. The van der Waals surface area contributed by atoms with Gasteiger partial charge in [0, 0.05) is 56.0 Å². The van der Waals surface area contributed by atoms with Crippen molar-refractivity contribution in [2.24, 2.45) is 11.7 Å². The Kier molecular flexibility index (Phi) is 8.52. The Bertz CT molecular complexity index is 1170. The lowest BCUT2D eigenvalue weighted by atomic mass is 9.86. The highest BCUT2D eigenvalue weighted by Gasteiger charge is 2.31. The van der Waals surface area contributed by atoms with E-state index in [4.69, 9.17) is 19.9 Å². The van der Waals surface area contributed by atoms with Gasteiger partial charge in [0.25, 0.3) is 5.91 Å². The average Bonchev–Trinajstić information content (AvgIpc) is 3.32. The molecule has 1 unspecified atom stereocenters. The Hall–Kier alpha value is -3.24. The molecule has 2 aromatic heterocycles. The number of allylic oxidation sites excluding steroid dienone is 2. The van der Waals surface area contributed by atoms with E-state index in [1.807, 2.05) is 40.0 Å². The molecule has 10 nitrogen and oxygen atoms in total. The summed E-state index contributed by atoms with van der Waals surface area (Å²) in [6.45, 7) is 9.46. The molecule has 10 heteroatoms. The Morgan fingerprint density at radius 3 is 2.63 bits per heavy atom. The Balaban J connectivity index is 1.52. The van der Waals surface area contributed by atoms with Crippen molar-refractivity contribution in [1.82, 2.24) is 20.3 Å². The SMILES string of the molecule is COC[C@@H](C)Oc1nc(C(=O)NC(C)C(C)(C)N)cc(N2CCC(C3=CCc4nccc(OC)c43)CC2)n1. The minimum atomic E-state index is -0.578. The number of methoxy groups -OCH3 is 2. The van der Waals surface area contributed by atoms with E-state index in [9.17, 15) is 4.79 Å². The summed E-state index contributed by atoms with van der Waals surface area (Å²) in [4.78, 5) is 28.9. The number of nitrogens with zero attached hydrogens (tertiary/aromatic N) is 4. The predicted octanol–water partition coefficient (Wildman–Crippen LogP) is 3.01. The van der Waals surface area contributed by atoms with Gasteiger partial charge >= 0.3 is 6.01 Å². The number of nitrogens with two attached hydrogens (primary N) is 1. The molecule has 0 saturated carbocycles. The summed E-state index contributed by atoms with van der Waals surface area (Å²) in [5, 5.41) is 2.96. The number of carbonyl (C=O) groups excluding carboxylic acids is 1. The fourth-order valence-corrected chi connectivity index (χ4v) is 4.87. The standard InChI is InChI=1S/C28H40N6O4/c1-17(16-36-5)38-27-32-22(26(35)31-18(2)28(3,4)29)15-24(33-27)34-13-10-19(11-14-34)20-7-8-21-25(20)23(37-6)9-12-30-21/h7,9,12,15,17-19H,8,10-11,13-14,16,29H2,1-6H3,(H,31,35)/t17-,18?/m1/s1. The summed E-state index contributed by atoms with van der Waals surface area (Å²) in [6.07, 6.45) is 6.56. The molecule has 3 heterocycles. The van der Waals surface area contributed by atoms with Gasteiger partial charge in [-0.25, -0.2) is 0 Å². The highest BCUT2D eigenvalue weighted by atomic mass is 16.5. The van der Waals surface area contributed by atoms with E-state index in [2.05, 4.69) is 31.2 Å². The highest BCUT2D eigenvalue weighted by molar-refractivity contribution is 5.93. The van der Waals surface area contributed by atoms with Crippen molar-refractivity contribution < 1.29 is 19.0 Å². The number of anilines is 1.